The van der Waals surface area contributed by atoms with E-state index in [-0.39, 0.29) is 36.4 Å². The van der Waals surface area contributed by atoms with Crippen LogP contribution in [0.4, 0.5) is 0 Å². The first-order valence-corrected chi connectivity index (χ1v) is 10.4. The van der Waals surface area contributed by atoms with E-state index < -0.39 is 0 Å². The number of benzene rings is 1. The molecular formula is C20H26ClIN4OS. The predicted molar refractivity (Wildman–Crippen MR) is 128 cm³/mol. The van der Waals surface area contributed by atoms with Gasteiger partial charge < -0.3 is 15.1 Å². The standard InChI is InChI=1S/C20H25ClN4OS.HI/c1-3-22-20(24(2)13-15-5-4-6-17(21)11-15)23-12-19(26)25-9-7-18-16(14-25)8-10-27-18;/h4-6,8,10-11H,3,7,9,12-14H2,1-2H3,(H,22,23);1H. The molecule has 1 aromatic carbocycles. The SMILES string of the molecule is CCNC(=NCC(=O)N1CCc2sccc2C1)N(C)Cc1cccc(Cl)c1.I. The average molecular weight is 533 g/mol. The number of nitrogens with zero attached hydrogens (tertiary/aromatic N) is 3. The minimum atomic E-state index is 0. The highest BCUT2D eigenvalue weighted by Gasteiger charge is 2.21. The van der Waals surface area contributed by atoms with Crippen LogP contribution in [-0.2, 0) is 24.3 Å². The van der Waals surface area contributed by atoms with Crippen molar-refractivity contribution in [2.75, 3.05) is 26.7 Å². The van der Waals surface area contributed by atoms with Crippen molar-refractivity contribution < 1.29 is 4.79 Å². The number of carbonyl (C=O) groups excluding carboxylic acids is 1. The Morgan fingerprint density at radius 1 is 1.39 bits per heavy atom. The minimum Gasteiger partial charge on any atom is -0.357 e. The number of fused-ring (bicyclic) bond motifs is 1. The summed E-state index contributed by atoms with van der Waals surface area (Å²) >= 11 is 7.85. The summed E-state index contributed by atoms with van der Waals surface area (Å²) in [5, 5.41) is 6.08. The Labute approximate surface area is 192 Å². The smallest absolute Gasteiger partial charge is 0.244 e. The summed E-state index contributed by atoms with van der Waals surface area (Å²) in [6.07, 6.45) is 0.942. The van der Waals surface area contributed by atoms with Crippen LogP contribution in [0.2, 0.25) is 5.02 Å². The van der Waals surface area contributed by atoms with Crippen molar-refractivity contribution in [1.82, 2.24) is 15.1 Å². The van der Waals surface area contributed by atoms with Crippen LogP contribution in [0.1, 0.15) is 22.9 Å². The molecule has 0 unspecified atom stereocenters. The summed E-state index contributed by atoms with van der Waals surface area (Å²) in [5.41, 5.74) is 2.37. The fraction of sp³-hybridized carbons (Fsp3) is 0.400. The van der Waals surface area contributed by atoms with Crippen LogP contribution < -0.4 is 5.32 Å². The Morgan fingerprint density at radius 3 is 2.96 bits per heavy atom. The minimum absolute atomic E-state index is 0. The largest absolute Gasteiger partial charge is 0.357 e. The monoisotopic (exact) mass is 532 g/mol. The summed E-state index contributed by atoms with van der Waals surface area (Å²) in [5.74, 6) is 0.789. The maximum atomic E-state index is 12.6. The number of nitrogens with one attached hydrogen (secondary N) is 1. The quantitative estimate of drug-likeness (QED) is 0.360. The molecule has 1 aliphatic rings. The molecule has 0 bridgehead atoms. The van der Waals surface area contributed by atoms with Crippen LogP contribution in [0.15, 0.2) is 40.7 Å². The molecule has 0 atom stereocenters. The number of halogens is 2. The van der Waals surface area contributed by atoms with Crippen LogP contribution >= 0.6 is 46.9 Å². The highest BCUT2D eigenvalue weighted by atomic mass is 127. The molecule has 152 valence electrons. The lowest BCUT2D eigenvalue weighted by Gasteiger charge is -2.27. The molecule has 1 aliphatic heterocycles. The van der Waals surface area contributed by atoms with E-state index in [1.807, 2.05) is 48.0 Å². The molecule has 0 saturated heterocycles. The third-order valence-electron chi connectivity index (χ3n) is 4.53. The van der Waals surface area contributed by atoms with Crippen molar-refractivity contribution in [1.29, 1.82) is 0 Å². The Kier molecular flexibility index (Phi) is 9.04. The number of guanidine groups is 1. The zero-order valence-corrected chi connectivity index (χ0v) is 20.1. The molecule has 0 spiro atoms. The van der Waals surface area contributed by atoms with Crippen molar-refractivity contribution in [2.45, 2.75) is 26.4 Å². The predicted octanol–water partition coefficient (Wildman–Crippen LogP) is 4.00. The first-order valence-electron chi connectivity index (χ1n) is 9.13. The molecule has 3 rings (SSSR count). The maximum Gasteiger partial charge on any atom is 0.244 e. The lowest BCUT2D eigenvalue weighted by molar-refractivity contribution is -0.130. The van der Waals surface area contributed by atoms with Gasteiger partial charge in [-0.3, -0.25) is 4.79 Å². The third-order valence-corrected chi connectivity index (χ3v) is 5.79. The number of rotatable bonds is 5. The Morgan fingerprint density at radius 2 is 2.21 bits per heavy atom. The molecule has 5 nitrogen and oxygen atoms in total. The number of hydrogen-bond acceptors (Lipinski definition) is 3. The van der Waals surface area contributed by atoms with E-state index in [1.54, 1.807) is 11.3 Å². The molecular weight excluding hydrogens is 507 g/mol. The normalized spacial score (nSPS) is 13.5. The van der Waals surface area contributed by atoms with Crippen LogP contribution in [0.25, 0.3) is 0 Å². The van der Waals surface area contributed by atoms with Gasteiger partial charge in [0, 0.05) is 43.1 Å². The van der Waals surface area contributed by atoms with Crippen LogP contribution in [0.5, 0.6) is 0 Å². The van der Waals surface area contributed by atoms with Crippen molar-refractivity contribution >= 4 is 58.8 Å². The first-order chi connectivity index (χ1) is 13.1. The van der Waals surface area contributed by atoms with E-state index in [9.17, 15) is 4.79 Å². The maximum absolute atomic E-state index is 12.6. The molecule has 0 fully saturated rings. The Bertz CT molecular complexity index is 826. The van der Waals surface area contributed by atoms with Gasteiger partial charge in [0.2, 0.25) is 5.91 Å². The molecule has 1 aromatic heterocycles. The van der Waals surface area contributed by atoms with Gasteiger partial charge in [-0.2, -0.15) is 0 Å². The van der Waals surface area contributed by atoms with Gasteiger partial charge in [-0.15, -0.1) is 35.3 Å². The van der Waals surface area contributed by atoms with Crippen molar-refractivity contribution in [3.63, 3.8) is 0 Å². The zero-order valence-electron chi connectivity index (χ0n) is 16.2. The molecule has 0 aliphatic carbocycles. The average Bonchev–Trinajstić information content (AvgIpc) is 3.12. The third kappa shape index (κ3) is 6.09. The van der Waals surface area contributed by atoms with Gasteiger partial charge in [0.15, 0.2) is 5.96 Å². The van der Waals surface area contributed by atoms with Gasteiger partial charge in [-0.25, -0.2) is 4.99 Å². The summed E-state index contributed by atoms with van der Waals surface area (Å²) < 4.78 is 0. The van der Waals surface area contributed by atoms with Gasteiger partial charge in [0.1, 0.15) is 6.54 Å². The lowest BCUT2D eigenvalue weighted by Crippen LogP contribution is -2.41. The first kappa shape index (κ1) is 23.0. The van der Waals surface area contributed by atoms with E-state index in [0.29, 0.717) is 13.1 Å². The van der Waals surface area contributed by atoms with Crippen molar-refractivity contribution in [3.05, 3.63) is 56.7 Å². The highest BCUT2D eigenvalue weighted by Crippen LogP contribution is 2.24. The molecule has 1 N–H and O–H groups in total. The zero-order chi connectivity index (χ0) is 19.2. The van der Waals surface area contributed by atoms with E-state index >= 15 is 0 Å². The molecule has 8 heteroatoms. The fourth-order valence-corrected chi connectivity index (χ4v) is 4.26. The number of amides is 1. The summed E-state index contributed by atoms with van der Waals surface area (Å²) in [4.78, 5) is 22.5. The van der Waals surface area contributed by atoms with E-state index in [1.165, 1.54) is 10.4 Å². The van der Waals surface area contributed by atoms with Crippen LogP contribution in [0.3, 0.4) is 0 Å². The van der Waals surface area contributed by atoms with E-state index in [2.05, 4.69) is 21.8 Å². The molecule has 2 heterocycles. The van der Waals surface area contributed by atoms with Gasteiger partial charge in [-0.1, -0.05) is 23.7 Å². The number of carbonyl (C=O) groups is 1. The second-order valence-corrected chi connectivity index (χ2v) is 8.03. The summed E-state index contributed by atoms with van der Waals surface area (Å²) in [6.45, 7) is 5.06. The van der Waals surface area contributed by atoms with Crippen molar-refractivity contribution in [3.8, 4) is 0 Å². The fourth-order valence-electron chi connectivity index (χ4n) is 3.16. The molecule has 28 heavy (non-hydrogen) atoms. The second kappa shape index (κ2) is 11.0. The summed E-state index contributed by atoms with van der Waals surface area (Å²) in [6, 6.07) is 9.89. The van der Waals surface area contributed by atoms with Gasteiger partial charge in [0.05, 0.1) is 0 Å². The molecule has 0 radical (unpaired) electrons. The van der Waals surface area contributed by atoms with Crippen LogP contribution in [-0.4, -0.2) is 48.3 Å². The summed E-state index contributed by atoms with van der Waals surface area (Å²) in [7, 11) is 1.96. The number of thiophene rings is 1. The van der Waals surface area contributed by atoms with Crippen molar-refractivity contribution in [2.24, 2.45) is 4.99 Å². The Hall–Kier alpha value is -1.32. The lowest BCUT2D eigenvalue weighted by atomic mass is 10.1. The van der Waals surface area contributed by atoms with E-state index in [0.717, 1.165) is 36.1 Å². The van der Waals surface area contributed by atoms with Gasteiger partial charge >= 0.3 is 0 Å². The van der Waals surface area contributed by atoms with Crippen LogP contribution in [0, 0.1) is 0 Å². The second-order valence-electron chi connectivity index (χ2n) is 6.59. The highest BCUT2D eigenvalue weighted by molar-refractivity contribution is 14.0. The molecule has 0 saturated carbocycles. The van der Waals surface area contributed by atoms with Gasteiger partial charge in [0.25, 0.3) is 0 Å². The topological polar surface area (TPSA) is 47.9 Å². The van der Waals surface area contributed by atoms with Gasteiger partial charge in [-0.05, 0) is 48.1 Å². The molecule has 1 amide bonds. The Balaban J connectivity index is 0.00000280. The number of hydrogen-bond donors (Lipinski definition) is 1. The van der Waals surface area contributed by atoms with E-state index in [4.69, 9.17) is 11.6 Å². The molecule has 2 aromatic rings. The number of aliphatic imine (C=N–C) groups is 1.